The molecule has 1 atom stereocenters. The number of amides is 1. The Morgan fingerprint density at radius 1 is 0.407 bits per heavy atom. The van der Waals surface area contributed by atoms with Gasteiger partial charge in [-0.15, -0.1) is 0 Å². The van der Waals surface area contributed by atoms with Gasteiger partial charge in [-0.3, -0.25) is 14.4 Å². The molecule has 0 aromatic carbocycles. The molecule has 1 unspecified atom stereocenters. The third-order valence-electron chi connectivity index (χ3n) is 11.3. The Morgan fingerprint density at radius 3 is 1.00 bits per heavy atom. The third-order valence-corrected chi connectivity index (χ3v) is 11.3. The lowest BCUT2D eigenvalue weighted by Crippen LogP contribution is -2.28. The van der Waals surface area contributed by atoms with E-state index in [1.165, 1.54) is 186 Å². The van der Waals surface area contributed by atoms with Crippen molar-refractivity contribution in [2.24, 2.45) is 0 Å². The summed E-state index contributed by atoms with van der Waals surface area (Å²) in [7, 11) is 0. The first-order chi connectivity index (χ1) is 26.5. The predicted molar refractivity (Wildman–Crippen MR) is 231 cm³/mol. The molecule has 0 fully saturated rings. The maximum atomic E-state index is 12.8. The number of carbonyl (C=O) groups is 3. The molecule has 0 aliphatic heterocycles. The number of carboxylic acid groups (broad SMARTS) is 1. The fourth-order valence-electron chi connectivity index (χ4n) is 7.70. The molecule has 0 radical (unpaired) electrons. The second-order valence-corrected chi connectivity index (χ2v) is 16.7. The maximum absolute atomic E-state index is 12.8. The highest BCUT2D eigenvalue weighted by molar-refractivity contribution is 5.80. The maximum Gasteiger partial charge on any atom is 0.322 e. The van der Waals surface area contributed by atoms with Gasteiger partial charge in [0, 0.05) is 12.8 Å². The molecule has 0 spiro atoms. The number of carboxylic acids is 1. The topological polar surface area (TPSA) is 92.7 Å². The number of unbranched alkanes of at least 4 members (excludes halogenated alkanes) is 34. The van der Waals surface area contributed by atoms with Crippen LogP contribution in [0.2, 0.25) is 0 Å². The van der Waals surface area contributed by atoms with E-state index in [1.807, 2.05) is 0 Å². The Hall–Kier alpha value is -1.59. The summed E-state index contributed by atoms with van der Waals surface area (Å²) in [6, 6.07) is 0. The van der Waals surface area contributed by atoms with Crippen LogP contribution >= 0.6 is 0 Å². The van der Waals surface area contributed by atoms with Gasteiger partial charge in [-0.1, -0.05) is 226 Å². The molecule has 0 saturated carbocycles. The van der Waals surface area contributed by atoms with E-state index < -0.39 is 5.97 Å². The van der Waals surface area contributed by atoms with Crippen molar-refractivity contribution in [3.05, 3.63) is 0 Å². The average molecular weight is 764 g/mol. The van der Waals surface area contributed by atoms with E-state index in [0.29, 0.717) is 12.8 Å². The van der Waals surface area contributed by atoms with E-state index in [0.717, 1.165) is 64.2 Å². The molecule has 0 heterocycles. The molecule has 0 aliphatic rings. The molecule has 0 aromatic rings. The smallest absolute Gasteiger partial charge is 0.322 e. The Balaban J connectivity index is 3.93. The molecule has 0 aliphatic carbocycles. The van der Waals surface area contributed by atoms with Gasteiger partial charge in [-0.2, -0.15) is 0 Å². The zero-order valence-corrected chi connectivity index (χ0v) is 36.4. The van der Waals surface area contributed by atoms with Crippen LogP contribution in [0.4, 0.5) is 0 Å². The first-order valence-electron chi connectivity index (χ1n) is 24.2. The molecular weight excluding hydrogens is 671 g/mol. The molecule has 2 N–H and O–H groups in total. The summed E-state index contributed by atoms with van der Waals surface area (Å²) in [5, 5.41) is 11.1. The lowest BCUT2D eigenvalue weighted by molar-refractivity contribution is -0.150. The van der Waals surface area contributed by atoms with Crippen LogP contribution in [0.15, 0.2) is 0 Å². The lowest BCUT2D eigenvalue weighted by Gasteiger charge is -2.18. The zero-order chi connectivity index (χ0) is 39.4. The number of aliphatic carboxylic acids is 1. The van der Waals surface area contributed by atoms with Crippen molar-refractivity contribution in [1.82, 2.24) is 5.32 Å². The van der Waals surface area contributed by atoms with E-state index in [-0.39, 0.29) is 24.5 Å². The number of hydrogen-bond donors (Lipinski definition) is 2. The van der Waals surface area contributed by atoms with Crippen LogP contribution in [-0.4, -0.2) is 35.6 Å². The van der Waals surface area contributed by atoms with Crippen molar-refractivity contribution in [2.45, 2.75) is 283 Å². The van der Waals surface area contributed by atoms with Crippen molar-refractivity contribution in [3.63, 3.8) is 0 Å². The van der Waals surface area contributed by atoms with Gasteiger partial charge in [-0.05, 0) is 38.5 Å². The number of ether oxygens (including phenoxy) is 1. The molecule has 0 saturated heterocycles. The fraction of sp³-hybridized carbons (Fsp3) is 0.938. The van der Waals surface area contributed by atoms with Crippen molar-refractivity contribution < 1.29 is 24.2 Å². The Morgan fingerprint density at radius 2 is 0.685 bits per heavy atom. The highest BCUT2D eigenvalue weighted by atomic mass is 16.5. The van der Waals surface area contributed by atoms with E-state index in [4.69, 9.17) is 9.84 Å². The standard InChI is InChI=1S/C48H93NO5/c1-3-5-7-9-11-13-15-16-17-18-19-20-21-22-23-24-25-26-28-30-35-39-43-48(53)54-45(40-36-32-29-27-14-12-10-8-6-4-2)41-37-33-31-34-38-42-46(50)49-44-47(51)52/h45H,3-44H2,1-2H3,(H,49,50)(H,51,52). The van der Waals surface area contributed by atoms with Crippen LogP contribution in [0.25, 0.3) is 0 Å². The van der Waals surface area contributed by atoms with Crippen LogP contribution < -0.4 is 5.32 Å². The van der Waals surface area contributed by atoms with E-state index in [9.17, 15) is 14.4 Å². The molecule has 54 heavy (non-hydrogen) atoms. The lowest BCUT2D eigenvalue weighted by atomic mass is 10.0. The van der Waals surface area contributed by atoms with E-state index >= 15 is 0 Å². The van der Waals surface area contributed by atoms with Gasteiger partial charge >= 0.3 is 11.9 Å². The molecule has 6 nitrogen and oxygen atoms in total. The van der Waals surface area contributed by atoms with Crippen molar-refractivity contribution in [2.75, 3.05) is 6.54 Å². The summed E-state index contributed by atoms with van der Waals surface area (Å²) in [6.45, 7) is 4.25. The van der Waals surface area contributed by atoms with Gasteiger partial charge in [0.2, 0.25) is 5.91 Å². The molecule has 0 aromatic heterocycles. The number of nitrogens with one attached hydrogen (secondary N) is 1. The van der Waals surface area contributed by atoms with Crippen LogP contribution in [-0.2, 0) is 19.1 Å². The summed E-state index contributed by atoms with van der Waals surface area (Å²) in [6.07, 6.45) is 51.1. The summed E-state index contributed by atoms with van der Waals surface area (Å²) in [5.74, 6) is -1.21. The van der Waals surface area contributed by atoms with Gasteiger partial charge in [0.15, 0.2) is 0 Å². The summed E-state index contributed by atoms with van der Waals surface area (Å²) in [4.78, 5) is 35.1. The Kier molecular flexibility index (Phi) is 42.8. The van der Waals surface area contributed by atoms with Gasteiger partial charge in [0.25, 0.3) is 0 Å². The molecular formula is C48H93NO5. The first-order valence-corrected chi connectivity index (χ1v) is 24.2. The molecule has 6 heteroatoms. The predicted octanol–water partition coefficient (Wildman–Crippen LogP) is 15.1. The van der Waals surface area contributed by atoms with Gasteiger partial charge < -0.3 is 15.2 Å². The second-order valence-electron chi connectivity index (χ2n) is 16.7. The monoisotopic (exact) mass is 764 g/mol. The fourth-order valence-corrected chi connectivity index (χ4v) is 7.70. The Bertz CT molecular complexity index is 802. The van der Waals surface area contributed by atoms with Gasteiger partial charge in [-0.25, -0.2) is 0 Å². The highest BCUT2D eigenvalue weighted by Crippen LogP contribution is 2.20. The zero-order valence-electron chi connectivity index (χ0n) is 36.4. The van der Waals surface area contributed by atoms with Gasteiger partial charge in [0.1, 0.15) is 12.6 Å². The first kappa shape index (κ1) is 52.4. The normalized spacial score (nSPS) is 11.9. The third kappa shape index (κ3) is 43.1. The summed E-state index contributed by atoms with van der Waals surface area (Å²) < 4.78 is 6.05. The SMILES string of the molecule is CCCCCCCCCCCCCCCCCCCCCCCCC(=O)OC(CCCCCCCCCCCC)CCCCCCCC(=O)NCC(=O)O. The van der Waals surface area contributed by atoms with Crippen molar-refractivity contribution in [1.29, 1.82) is 0 Å². The number of esters is 1. The molecule has 0 bridgehead atoms. The second kappa shape index (κ2) is 44.1. The largest absolute Gasteiger partial charge is 0.480 e. The van der Waals surface area contributed by atoms with Crippen molar-refractivity contribution >= 4 is 17.8 Å². The summed E-state index contributed by atoms with van der Waals surface area (Å²) in [5.41, 5.74) is 0. The van der Waals surface area contributed by atoms with Crippen LogP contribution in [0.3, 0.4) is 0 Å². The minimum Gasteiger partial charge on any atom is -0.480 e. The number of hydrogen-bond acceptors (Lipinski definition) is 4. The number of carbonyl (C=O) groups excluding carboxylic acids is 2. The number of rotatable bonds is 45. The van der Waals surface area contributed by atoms with Gasteiger partial charge in [0.05, 0.1) is 0 Å². The quantitative estimate of drug-likeness (QED) is 0.0476. The van der Waals surface area contributed by atoms with E-state index in [2.05, 4.69) is 19.2 Å². The van der Waals surface area contributed by atoms with Crippen LogP contribution in [0.5, 0.6) is 0 Å². The Labute approximate surface area is 336 Å². The van der Waals surface area contributed by atoms with Crippen LogP contribution in [0, 0.1) is 0 Å². The van der Waals surface area contributed by atoms with Crippen LogP contribution in [0.1, 0.15) is 277 Å². The molecule has 0 rings (SSSR count). The minimum absolute atomic E-state index is 0.00683. The minimum atomic E-state index is -1.01. The summed E-state index contributed by atoms with van der Waals surface area (Å²) >= 11 is 0. The molecule has 1 amide bonds. The highest BCUT2D eigenvalue weighted by Gasteiger charge is 2.14. The molecule has 320 valence electrons. The average Bonchev–Trinajstić information content (AvgIpc) is 3.16. The van der Waals surface area contributed by atoms with Crippen molar-refractivity contribution in [3.8, 4) is 0 Å². The van der Waals surface area contributed by atoms with E-state index in [1.54, 1.807) is 0 Å².